The summed E-state index contributed by atoms with van der Waals surface area (Å²) in [6, 6.07) is 1.19. The molecule has 1 aromatic rings. The standard InChI is InChI=1S/C13H19NO4/c1-8-5-9(7-18-8)12(17)14-10(6-11(15)16)13(2,3)4/h5,7,10H,6H2,1-4H3,(H,14,17)(H,15,16). The largest absolute Gasteiger partial charge is 0.481 e. The first kappa shape index (κ1) is 14.3. The molecule has 0 aliphatic carbocycles. The molecule has 1 rings (SSSR count). The minimum absolute atomic E-state index is 0.105. The summed E-state index contributed by atoms with van der Waals surface area (Å²) in [5.41, 5.74) is 0.0828. The van der Waals surface area contributed by atoms with Crippen LogP contribution < -0.4 is 5.32 Å². The first-order chi connectivity index (χ1) is 8.20. The van der Waals surface area contributed by atoms with Crippen molar-refractivity contribution in [3.05, 3.63) is 23.7 Å². The van der Waals surface area contributed by atoms with E-state index in [1.54, 1.807) is 13.0 Å². The lowest BCUT2D eigenvalue weighted by molar-refractivity contribution is -0.138. The van der Waals surface area contributed by atoms with Crippen LogP contribution in [0.3, 0.4) is 0 Å². The molecule has 2 N–H and O–H groups in total. The van der Waals surface area contributed by atoms with Crippen LogP contribution in [0.1, 0.15) is 43.3 Å². The highest BCUT2D eigenvalue weighted by atomic mass is 16.4. The molecule has 0 aliphatic rings. The molecule has 1 atom stereocenters. The van der Waals surface area contributed by atoms with Crippen LogP contribution in [-0.2, 0) is 4.79 Å². The van der Waals surface area contributed by atoms with Crippen molar-refractivity contribution in [2.45, 2.75) is 40.2 Å². The number of hydrogen-bond acceptors (Lipinski definition) is 3. The molecule has 0 aliphatic heterocycles. The maximum Gasteiger partial charge on any atom is 0.305 e. The van der Waals surface area contributed by atoms with Crippen LogP contribution in [0.4, 0.5) is 0 Å². The third-order valence-electron chi connectivity index (χ3n) is 2.72. The van der Waals surface area contributed by atoms with Gasteiger partial charge in [-0.25, -0.2) is 0 Å². The van der Waals surface area contributed by atoms with Gasteiger partial charge < -0.3 is 14.8 Å². The summed E-state index contributed by atoms with van der Waals surface area (Å²) in [4.78, 5) is 22.7. The fourth-order valence-corrected chi connectivity index (χ4v) is 1.55. The second-order valence-corrected chi connectivity index (χ2v) is 5.44. The fraction of sp³-hybridized carbons (Fsp3) is 0.538. The molecular weight excluding hydrogens is 234 g/mol. The number of carboxylic acids is 1. The van der Waals surface area contributed by atoms with E-state index in [4.69, 9.17) is 9.52 Å². The Morgan fingerprint density at radius 3 is 2.44 bits per heavy atom. The summed E-state index contributed by atoms with van der Waals surface area (Å²) >= 11 is 0. The van der Waals surface area contributed by atoms with Gasteiger partial charge in [0.15, 0.2) is 0 Å². The highest BCUT2D eigenvalue weighted by Gasteiger charge is 2.29. The van der Waals surface area contributed by atoms with Gasteiger partial charge >= 0.3 is 5.97 Å². The van der Waals surface area contributed by atoms with Gasteiger partial charge in [0, 0.05) is 6.04 Å². The fourth-order valence-electron chi connectivity index (χ4n) is 1.55. The lowest BCUT2D eigenvalue weighted by Crippen LogP contribution is -2.44. The molecule has 0 aromatic carbocycles. The summed E-state index contributed by atoms with van der Waals surface area (Å²) < 4.78 is 5.06. The molecule has 1 heterocycles. The number of aryl methyl sites for hydroxylation is 1. The second kappa shape index (κ2) is 5.25. The normalized spacial score (nSPS) is 13.1. The molecule has 0 spiro atoms. The van der Waals surface area contributed by atoms with Crippen molar-refractivity contribution in [3.8, 4) is 0 Å². The monoisotopic (exact) mass is 253 g/mol. The van der Waals surface area contributed by atoms with Crippen molar-refractivity contribution in [2.24, 2.45) is 5.41 Å². The number of carboxylic acid groups (broad SMARTS) is 1. The van der Waals surface area contributed by atoms with E-state index in [2.05, 4.69) is 5.32 Å². The van der Waals surface area contributed by atoms with Crippen molar-refractivity contribution >= 4 is 11.9 Å². The maximum absolute atomic E-state index is 11.9. The summed E-state index contributed by atoms with van der Waals surface area (Å²) in [7, 11) is 0. The minimum atomic E-state index is -0.932. The van der Waals surface area contributed by atoms with E-state index in [0.717, 1.165) is 0 Å². The molecule has 0 saturated heterocycles. The number of amides is 1. The molecule has 0 saturated carbocycles. The van der Waals surface area contributed by atoms with Crippen molar-refractivity contribution in [1.29, 1.82) is 0 Å². The highest BCUT2D eigenvalue weighted by molar-refractivity contribution is 5.94. The van der Waals surface area contributed by atoms with Crippen molar-refractivity contribution in [2.75, 3.05) is 0 Å². The lowest BCUT2D eigenvalue weighted by Gasteiger charge is -2.30. The van der Waals surface area contributed by atoms with E-state index in [9.17, 15) is 9.59 Å². The predicted molar refractivity (Wildman–Crippen MR) is 66.4 cm³/mol. The van der Waals surface area contributed by atoms with Crippen molar-refractivity contribution in [3.63, 3.8) is 0 Å². The number of aliphatic carboxylic acids is 1. The smallest absolute Gasteiger partial charge is 0.305 e. The van der Waals surface area contributed by atoms with Gasteiger partial charge in [0.05, 0.1) is 12.0 Å². The Hall–Kier alpha value is -1.78. The molecule has 5 heteroatoms. The average molecular weight is 253 g/mol. The van der Waals surface area contributed by atoms with Gasteiger partial charge in [-0.2, -0.15) is 0 Å². The van der Waals surface area contributed by atoms with Gasteiger partial charge in [-0.05, 0) is 18.4 Å². The van der Waals surface area contributed by atoms with E-state index in [1.165, 1.54) is 6.26 Å². The quantitative estimate of drug-likeness (QED) is 0.862. The molecule has 1 amide bonds. The number of carbonyl (C=O) groups excluding carboxylic acids is 1. The number of hydrogen-bond donors (Lipinski definition) is 2. The average Bonchev–Trinajstić information content (AvgIpc) is 2.61. The van der Waals surface area contributed by atoms with Crippen molar-refractivity contribution in [1.82, 2.24) is 5.32 Å². The molecule has 18 heavy (non-hydrogen) atoms. The molecule has 0 radical (unpaired) electrons. The first-order valence-corrected chi connectivity index (χ1v) is 5.78. The topological polar surface area (TPSA) is 79.5 Å². The van der Waals surface area contributed by atoms with Gasteiger partial charge in [0.1, 0.15) is 12.0 Å². The maximum atomic E-state index is 11.9. The van der Waals surface area contributed by atoms with Crippen molar-refractivity contribution < 1.29 is 19.1 Å². The number of rotatable bonds is 4. The summed E-state index contributed by atoms with van der Waals surface area (Å²) in [5, 5.41) is 11.6. The number of nitrogens with one attached hydrogen (secondary N) is 1. The van der Waals surface area contributed by atoms with Crippen LogP contribution in [0, 0.1) is 12.3 Å². The van der Waals surface area contributed by atoms with Gasteiger partial charge in [0.25, 0.3) is 5.91 Å². The summed E-state index contributed by atoms with van der Waals surface area (Å²) in [5.74, 6) is -0.600. The Morgan fingerprint density at radius 2 is 2.06 bits per heavy atom. The van der Waals surface area contributed by atoms with Gasteiger partial charge in [-0.3, -0.25) is 9.59 Å². The molecule has 0 bridgehead atoms. The second-order valence-electron chi connectivity index (χ2n) is 5.44. The van der Waals surface area contributed by atoms with E-state index >= 15 is 0 Å². The van der Waals surface area contributed by atoms with Crippen LogP contribution in [0.15, 0.2) is 16.7 Å². The highest BCUT2D eigenvalue weighted by Crippen LogP contribution is 2.22. The number of carbonyl (C=O) groups is 2. The molecule has 1 aromatic heterocycles. The zero-order valence-corrected chi connectivity index (χ0v) is 11.1. The van der Waals surface area contributed by atoms with Crippen LogP contribution in [0.2, 0.25) is 0 Å². The zero-order valence-electron chi connectivity index (χ0n) is 11.1. The minimum Gasteiger partial charge on any atom is -0.481 e. The van der Waals surface area contributed by atoms with Crippen LogP contribution >= 0.6 is 0 Å². The molecule has 1 unspecified atom stereocenters. The lowest BCUT2D eigenvalue weighted by atomic mass is 9.84. The van der Waals surface area contributed by atoms with E-state index < -0.39 is 12.0 Å². The Morgan fingerprint density at radius 1 is 1.44 bits per heavy atom. The van der Waals surface area contributed by atoms with Gasteiger partial charge in [0.2, 0.25) is 0 Å². The Balaban J connectivity index is 2.78. The SMILES string of the molecule is Cc1cc(C(=O)NC(CC(=O)O)C(C)(C)C)co1. The van der Waals surface area contributed by atoms with Crippen LogP contribution in [-0.4, -0.2) is 23.0 Å². The number of furan rings is 1. The Bertz CT molecular complexity index is 442. The third kappa shape index (κ3) is 3.91. The summed E-state index contributed by atoms with van der Waals surface area (Å²) in [6.07, 6.45) is 1.26. The molecule has 100 valence electrons. The van der Waals surface area contributed by atoms with Crippen LogP contribution in [0.5, 0.6) is 0 Å². The van der Waals surface area contributed by atoms with E-state index in [-0.39, 0.29) is 17.7 Å². The first-order valence-electron chi connectivity index (χ1n) is 5.78. The zero-order chi connectivity index (χ0) is 13.9. The van der Waals surface area contributed by atoms with Crippen LogP contribution in [0.25, 0.3) is 0 Å². The molecular formula is C13H19NO4. The predicted octanol–water partition coefficient (Wildman–Crippen LogP) is 2.21. The Labute approximate surface area is 106 Å². The third-order valence-corrected chi connectivity index (χ3v) is 2.72. The molecule has 0 fully saturated rings. The van der Waals surface area contributed by atoms with E-state index in [0.29, 0.717) is 11.3 Å². The van der Waals surface area contributed by atoms with Gasteiger partial charge in [-0.15, -0.1) is 0 Å². The van der Waals surface area contributed by atoms with E-state index in [1.807, 2.05) is 20.8 Å². The Kier molecular flexibility index (Phi) is 4.16. The van der Waals surface area contributed by atoms with Gasteiger partial charge in [-0.1, -0.05) is 20.8 Å². The molecule has 5 nitrogen and oxygen atoms in total. The summed E-state index contributed by atoms with van der Waals surface area (Å²) in [6.45, 7) is 7.42.